The van der Waals surface area contributed by atoms with Crippen molar-refractivity contribution in [1.82, 2.24) is 4.98 Å². The Kier molecular flexibility index (Phi) is 2.44. The Bertz CT molecular complexity index is 306. The molecule has 0 amide bonds. The first kappa shape index (κ1) is 8.02. The first-order chi connectivity index (χ1) is 5.27. The van der Waals surface area contributed by atoms with Crippen LogP contribution in [0.15, 0.2) is 16.7 Å². The van der Waals surface area contributed by atoms with E-state index in [1.165, 1.54) is 6.20 Å². The molecule has 0 fully saturated rings. The topological polar surface area (TPSA) is 45.9 Å². The van der Waals surface area contributed by atoms with Gasteiger partial charge in [0.2, 0.25) is 0 Å². The van der Waals surface area contributed by atoms with Crippen molar-refractivity contribution in [2.45, 2.75) is 0 Å². The molecule has 4 heteroatoms. The Morgan fingerprint density at radius 3 is 3.00 bits per heavy atom. The van der Waals surface area contributed by atoms with E-state index in [0.717, 1.165) is 4.47 Å². The summed E-state index contributed by atoms with van der Waals surface area (Å²) in [4.78, 5) is 3.82. The van der Waals surface area contributed by atoms with Crippen LogP contribution in [0.5, 0.6) is 5.75 Å². The predicted molar refractivity (Wildman–Crippen MR) is 43.2 cm³/mol. The minimum atomic E-state index is 0.352. The lowest BCUT2D eigenvalue weighted by Crippen LogP contribution is -1.88. The Labute approximate surface area is 72.8 Å². The highest BCUT2D eigenvalue weighted by Gasteiger charge is 2.00. The molecule has 56 valence electrons. The fourth-order valence-electron chi connectivity index (χ4n) is 0.638. The van der Waals surface area contributed by atoms with Gasteiger partial charge < -0.3 is 4.74 Å². The van der Waals surface area contributed by atoms with Crippen LogP contribution in [0, 0.1) is 11.3 Å². The van der Waals surface area contributed by atoms with E-state index < -0.39 is 0 Å². The SMILES string of the molecule is COc1cc(C#N)ncc1Br. The summed E-state index contributed by atoms with van der Waals surface area (Å²) in [5.41, 5.74) is 0.352. The van der Waals surface area contributed by atoms with Crippen LogP contribution in [0.2, 0.25) is 0 Å². The van der Waals surface area contributed by atoms with Gasteiger partial charge in [0.15, 0.2) is 0 Å². The molecule has 0 aromatic carbocycles. The van der Waals surface area contributed by atoms with Crippen molar-refractivity contribution >= 4 is 15.9 Å². The van der Waals surface area contributed by atoms with Gasteiger partial charge in [-0.2, -0.15) is 5.26 Å². The van der Waals surface area contributed by atoms with Gasteiger partial charge in [-0.05, 0) is 15.9 Å². The molecule has 1 aromatic heterocycles. The van der Waals surface area contributed by atoms with Crippen molar-refractivity contribution < 1.29 is 4.74 Å². The lowest BCUT2D eigenvalue weighted by molar-refractivity contribution is 0.411. The smallest absolute Gasteiger partial charge is 0.144 e. The molecule has 1 heterocycles. The van der Waals surface area contributed by atoms with Crippen molar-refractivity contribution in [3.05, 3.63) is 22.4 Å². The average Bonchev–Trinajstić information content (AvgIpc) is 2.05. The molecule has 0 N–H and O–H groups in total. The number of halogens is 1. The number of nitrogens with zero attached hydrogens (tertiary/aromatic N) is 2. The Balaban J connectivity index is 3.15. The second kappa shape index (κ2) is 3.35. The van der Waals surface area contributed by atoms with E-state index in [0.29, 0.717) is 11.4 Å². The summed E-state index contributed by atoms with van der Waals surface area (Å²) in [6.07, 6.45) is 1.54. The zero-order valence-electron chi connectivity index (χ0n) is 5.84. The van der Waals surface area contributed by atoms with Gasteiger partial charge in [-0.3, -0.25) is 0 Å². The van der Waals surface area contributed by atoms with Crippen LogP contribution in [-0.2, 0) is 0 Å². The van der Waals surface area contributed by atoms with Gasteiger partial charge in [0, 0.05) is 12.3 Å². The summed E-state index contributed by atoms with van der Waals surface area (Å²) in [5.74, 6) is 0.622. The van der Waals surface area contributed by atoms with Crippen LogP contribution < -0.4 is 4.74 Å². The molecule has 0 saturated heterocycles. The van der Waals surface area contributed by atoms with Crippen molar-refractivity contribution in [1.29, 1.82) is 5.26 Å². The van der Waals surface area contributed by atoms with E-state index in [4.69, 9.17) is 10.00 Å². The van der Waals surface area contributed by atoms with E-state index in [2.05, 4.69) is 20.9 Å². The first-order valence-electron chi connectivity index (χ1n) is 2.87. The average molecular weight is 213 g/mol. The van der Waals surface area contributed by atoms with Gasteiger partial charge in [-0.15, -0.1) is 0 Å². The summed E-state index contributed by atoms with van der Waals surface area (Å²) in [7, 11) is 1.54. The van der Waals surface area contributed by atoms with Crippen LogP contribution in [-0.4, -0.2) is 12.1 Å². The van der Waals surface area contributed by atoms with Gasteiger partial charge in [0.25, 0.3) is 0 Å². The summed E-state index contributed by atoms with van der Waals surface area (Å²) >= 11 is 3.22. The van der Waals surface area contributed by atoms with E-state index in [1.54, 1.807) is 13.2 Å². The number of pyridine rings is 1. The van der Waals surface area contributed by atoms with Crippen LogP contribution in [0.1, 0.15) is 5.69 Å². The fraction of sp³-hybridized carbons (Fsp3) is 0.143. The third-order valence-corrected chi connectivity index (χ3v) is 1.75. The van der Waals surface area contributed by atoms with E-state index in [1.807, 2.05) is 6.07 Å². The molecule has 0 saturated carbocycles. The minimum absolute atomic E-state index is 0.352. The maximum absolute atomic E-state index is 8.47. The molecule has 1 aromatic rings. The first-order valence-corrected chi connectivity index (χ1v) is 3.67. The van der Waals surface area contributed by atoms with E-state index >= 15 is 0 Å². The predicted octanol–water partition coefficient (Wildman–Crippen LogP) is 1.72. The summed E-state index contributed by atoms with van der Waals surface area (Å²) in [6, 6.07) is 3.49. The highest BCUT2D eigenvalue weighted by atomic mass is 79.9. The van der Waals surface area contributed by atoms with Crippen molar-refractivity contribution in [3.63, 3.8) is 0 Å². The third-order valence-electron chi connectivity index (χ3n) is 1.15. The number of ether oxygens (including phenoxy) is 1. The minimum Gasteiger partial charge on any atom is -0.495 e. The second-order valence-corrected chi connectivity index (χ2v) is 2.67. The molecule has 11 heavy (non-hydrogen) atoms. The standard InChI is InChI=1S/C7H5BrN2O/c1-11-7-2-5(3-9)10-4-6(7)8/h2,4H,1H3. The summed E-state index contributed by atoms with van der Waals surface area (Å²) in [6.45, 7) is 0. The molecule has 0 spiro atoms. The van der Waals surface area contributed by atoms with Crippen molar-refractivity contribution in [3.8, 4) is 11.8 Å². The van der Waals surface area contributed by atoms with Crippen LogP contribution >= 0.6 is 15.9 Å². The zero-order chi connectivity index (χ0) is 8.27. The summed E-state index contributed by atoms with van der Waals surface area (Å²) in [5, 5.41) is 8.47. The molecule has 0 unspecified atom stereocenters. The van der Waals surface area contributed by atoms with Gasteiger partial charge in [-0.1, -0.05) is 0 Å². The molecule has 1 rings (SSSR count). The molecule has 0 atom stereocenters. The van der Waals surface area contributed by atoms with Gasteiger partial charge >= 0.3 is 0 Å². The number of nitriles is 1. The number of hydrogen-bond donors (Lipinski definition) is 0. The molecule has 0 aliphatic heterocycles. The number of aromatic nitrogens is 1. The fourth-order valence-corrected chi connectivity index (χ4v) is 1.02. The van der Waals surface area contributed by atoms with Gasteiger partial charge in [0.1, 0.15) is 17.5 Å². The van der Waals surface area contributed by atoms with Gasteiger partial charge in [0.05, 0.1) is 11.6 Å². The zero-order valence-corrected chi connectivity index (χ0v) is 7.42. The third kappa shape index (κ3) is 1.69. The Morgan fingerprint density at radius 1 is 1.73 bits per heavy atom. The Hall–Kier alpha value is -1.08. The normalized spacial score (nSPS) is 8.82. The lowest BCUT2D eigenvalue weighted by Gasteiger charge is -2.00. The molecule has 0 bridgehead atoms. The largest absolute Gasteiger partial charge is 0.495 e. The lowest BCUT2D eigenvalue weighted by atomic mass is 10.3. The second-order valence-electron chi connectivity index (χ2n) is 1.82. The summed E-state index contributed by atoms with van der Waals surface area (Å²) < 4.78 is 5.70. The van der Waals surface area contributed by atoms with Crippen LogP contribution in [0.3, 0.4) is 0 Å². The molecular weight excluding hydrogens is 208 g/mol. The maximum Gasteiger partial charge on any atom is 0.144 e. The van der Waals surface area contributed by atoms with E-state index in [-0.39, 0.29) is 0 Å². The molecule has 0 radical (unpaired) electrons. The maximum atomic E-state index is 8.47. The number of hydrogen-bond acceptors (Lipinski definition) is 3. The highest BCUT2D eigenvalue weighted by molar-refractivity contribution is 9.10. The van der Waals surface area contributed by atoms with Crippen LogP contribution in [0.25, 0.3) is 0 Å². The van der Waals surface area contributed by atoms with Crippen molar-refractivity contribution in [2.24, 2.45) is 0 Å². The monoisotopic (exact) mass is 212 g/mol. The Morgan fingerprint density at radius 2 is 2.45 bits per heavy atom. The molecule has 3 nitrogen and oxygen atoms in total. The van der Waals surface area contributed by atoms with Gasteiger partial charge in [-0.25, -0.2) is 4.98 Å². The number of methoxy groups -OCH3 is 1. The van der Waals surface area contributed by atoms with Crippen LogP contribution in [0.4, 0.5) is 0 Å². The van der Waals surface area contributed by atoms with E-state index in [9.17, 15) is 0 Å². The molecule has 0 aliphatic carbocycles. The quantitative estimate of drug-likeness (QED) is 0.713. The molecular formula is C7H5BrN2O. The highest BCUT2D eigenvalue weighted by Crippen LogP contribution is 2.23. The molecule has 0 aliphatic rings. The van der Waals surface area contributed by atoms with Crippen molar-refractivity contribution in [2.75, 3.05) is 7.11 Å². The number of rotatable bonds is 1.